The summed E-state index contributed by atoms with van der Waals surface area (Å²) in [7, 11) is 0. The summed E-state index contributed by atoms with van der Waals surface area (Å²) in [6, 6.07) is 7.41. The first-order valence-electron chi connectivity index (χ1n) is 4.97. The Balaban J connectivity index is 2.23. The average molecular weight is 220 g/mol. The molecule has 84 valence electrons. The molecule has 0 unspecified atom stereocenters. The van der Waals surface area contributed by atoms with Gasteiger partial charge in [0, 0.05) is 12.2 Å². The van der Waals surface area contributed by atoms with Crippen molar-refractivity contribution in [2.75, 3.05) is 18.4 Å². The molecule has 0 saturated carbocycles. The van der Waals surface area contributed by atoms with E-state index in [-0.39, 0.29) is 19.0 Å². The van der Waals surface area contributed by atoms with Crippen LogP contribution in [0.3, 0.4) is 0 Å². The van der Waals surface area contributed by atoms with Crippen LogP contribution in [0.25, 0.3) is 0 Å². The molecule has 1 heterocycles. The Hall–Kier alpha value is -1.88. The largest absolute Gasteiger partial charge is 0.480 e. The zero-order valence-electron chi connectivity index (χ0n) is 8.64. The Morgan fingerprint density at radius 2 is 2.12 bits per heavy atom. The van der Waals surface area contributed by atoms with Gasteiger partial charge in [0.05, 0.1) is 13.1 Å². The molecule has 1 aromatic carbocycles. The summed E-state index contributed by atoms with van der Waals surface area (Å²) in [6.07, 6.45) is 0. The van der Waals surface area contributed by atoms with Crippen LogP contribution in [0.4, 0.5) is 5.69 Å². The predicted molar refractivity (Wildman–Crippen MR) is 58.0 cm³/mol. The van der Waals surface area contributed by atoms with E-state index in [0.29, 0.717) is 6.54 Å². The molecule has 1 aliphatic rings. The first kappa shape index (κ1) is 10.6. The van der Waals surface area contributed by atoms with E-state index in [0.717, 1.165) is 11.3 Å². The van der Waals surface area contributed by atoms with Gasteiger partial charge >= 0.3 is 5.97 Å². The molecule has 5 heteroatoms. The zero-order chi connectivity index (χ0) is 11.5. The normalized spacial score (nSPS) is 16.1. The van der Waals surface area contributed by atoms with E-state index >= 15 is 0 Å². The first-order valence-corrected chi connectivity index (χ1v) is 4.97. The summed E-state index contributed by atoms with van der Waals surface area (Å²) >= 11 is 0. The van der Waals surface area contributed by atoms with Crippen LogP contribution in [0, 0.1) is 0 Å². The van der Waals surface area contributed by atoms with Gasteiger partial charge in [-0.25, -0.2) is 0 Å². The third-order valence-corrected chi connectivity index (χ3v) is 2.41. The highest BCUT2D eigenvalue weighted by Gasteiger charge is 2.20. The number of nitrogens with zero attached hydrogens (tertiary/aromatic N) is 1. The molecule has 1 amide bonds. The van der Waals surface area contributed by atoms with Crippen molar-refractivity contribution < 1.29 is 14.7 Å². The fourth-order valence-corrected chi connectivity index (χ4v) is 1.77. The highest BCUT2D eigenvalue weighted by atomic mass is 16.4. The van der Waals surface area contributed by atoms with Crippen LogP contribution in [-0.2, 0) is 16.1 Å². The Morgan fingerprint density at radius 1 is 1.38 bits per heavy atom. The lowest BCUT2D eigenvalue weighted by atomic mass is 10.2. The van der Waals surface area contributed by atoms with Gasteiger partial charge < -0.3 is 10.4 Å². The molecule has 0 spiro atoms. The number of carboxylic acids is 1. The van der Waals surface area contributed by atoms with E-state index < -0.39 is 5.97 Å². The maximum absolute atomic E-state index is 11.5. The van der Waals surface area contributed by atoms with Gasteiger partial charge in [-0.05, 0) is 11.6 Å². The van der Waals surface area contributed by atoms with Crippen molar-refractivity contribution in [3.63, 3.8) is 0 Å². The van der Waals surface area contributed by atoms with Crippen molar-refractivity contribution in [2.24, 2.45) is 0 Å². The van der Waals surface area contributed by atoms with Crippen molar-refractivity contribution >= 4 is 17.6 Å². The number of hydrogen-bond acceptors (Lipinski definition) is 3. The second-order valence-electron chi connectivity index (χ2n) is 3.74. The van der Waals surface area contributed by atoms with Gasteiger partial charge in [0.2, 0.25) is 5.91 Å². The average Bonchev–Trinajstić information content (AvgIpc) is 2.33. The summed E-state index contributed by atoms with van der Waals surface area (Å²) in [5.41, 5.74) is 1.70. The van der Waals surface area contributed by atoms with E-state index in [9.17, 15) is 9.59 Å². The summed E-state index contributed by atoms with van der Waals surface area (Å²) in [6.45, 7) is 0.462. The summed E-state index contributed by atoms with van der Waals surface area (Å²) < 4.78 is 0. The minimum absolute atomic E-state index is 0.112. The number of amides is 1. The van der Waals surface area contributed by atoms with E-state index in [4.69, 9.17) is 5.11 Å². The van der Waals surface area contributed by atoms with Crippen LogP contribution in [0.5, 0.6) is 0 Å². The van der Waals surface area contributed by atoms with Gasteiger partial charge in [-0.3, -0.25) is 14.5 Å². The third kappa shape index (κ3) is 2.38. The highest BCUT2D eigenvalue weighted by Crippen LogP contribution is 2.19. The fraction of sp³-hybridized carbons (Fsp3) is 0.273. The monoisotopic (exact) mass is 220 g/mol. The number of fused-ring (bicyclic) bond motifs is 1. The molecule has 1 aromatic rings. The molecule has 0 radical (unpaired) electrons. The van der Waals surface area contributed by atoms with Crippen LogP contribution in [-0.4, -0.2) is 35.0 Å². The predicted octanol–water partition coefficient (Wildman–Crippen LogP) is 0.525. The number of rotatable bonds is 2. The minimum atomic E-state index is -0.924. The standard InChI is InChI=1S/C11H12N2O3/c14-10-6-13(7-11(15)16)5-8-3-1-2-4-9(8)12-10/h1-4H,5-7H2,(H,12,14)(H,15,16). The number of hydrogen-bond donors (Lipinski definition) is 2. The lowest BCUT2D eigenvalue weighted by Gasteiger charge is -2.15. The second-order valence-corrected chi connectivity index (χ2v) is 3.74. The number of carboxylic acid groups (broad SMARTS) is 1. The Labute approximate surface area is 92.7 Å². The molecule has 0 atom stereocenters. The van der Waals surface area contributed by atoms with Crippen LogP contribution in [0.1, 0.15) is 5.56 Å². The third-order valence-electron chi connectivity index (χ3n) is 2.41. The first-order chi connectivity index (χ1) is 7.65. The van der Waals surface area contributed by atoms with E-state index in [1.165, 1.54) is 0 Å². The van der Waals surface area contributed by atoms with Crippen molar-refractivity contribution in [3.05, 3.63) is 29.8 Å². The molecule has 2 N–H and O–H groups in total. The van der Waals surface area contributed by atoms with Crippen LogP contribution < -0.4 is 5.32 Å². The Kier molecular flexibility index (Phi) is 2.87. The van der Waals surface area contributed by atoms with E-state index in [1.807, 2.05) is 24.3 Å². The number of benzene rings is 1. The Morgan fingerprint density at radius 3 is 2.88 bits per heavy atom. The van der Waals surface area contributed by atoms with Crippen LogP contribution in [0.2, 0.25) is 0 Å². The second kappa shape index (κ2) is 4.32. The van der Waals surface area contributed by atoms with Crippen molar-refractivity contribution in [1.82, 2.24) is 4.90 Å². The number of anilines is 1. The maximum Gasteiger partial charge on any atom is 0.317 e. The van der Waals surface area contributed by atoms with Crippen LogP contribution in [0.15, 0.2) is 24.3 Å². The van der Waals surface area contributed by atoms with E-state index in [2.05, 4.69) is 5.32 Å². The number of carbonyl (C=O) groups excluding carboxylic acids is 1. The minimum Gasteiger partial charge on any atom is -0.480 e. The molecule has 0 aromatic heterocycles. The smallest absolute Gasteiger partial charge is 0.317 e. The highest BCUT2D eigenvalue weighted by molar-refractivity contribution is 5.93. The molecular formula is C11H12N2O3. The summed E-state index contributed by atoms with van der Waals surface area (Å²) in [4.78, 5) is 23.7. The molecule has 0 saturated heterocycles. The summed E-state index contributed by atoms with van der Waals surface area (Å²) in [5, 5.41) is 11.5. The van der Waals surface area contributed by atoms with Crippen molar-refractivity contribution in [2.45, 2.75) is 6.54 Å². The molecule has 5 nitrogen and oxygen atoms in total. The lowest BCUT2D eigenvalue weighted by molar-refractivity contribution is -0.138. The lowest BCUT2D eigenvalue weighted by Crippen LogP contribution is -2.34. The van der Waals surface area contributed by atoms with Crippen molar-refractivity contribution in [1.29, 1.82) is 0 Å². The molecule has 0 bridgehead atoms. The molecule has 0 aliphatic carbocycles. The number of carbonyl (C=O) groups is 2. The van der Waals surface area contributed by atoms with Gasteiger partial charge in [-0.1, -0.05) is 18.2 Å². The molecule has 0 fully saturated rings. The van der Waals surface area contributed by atoms with Crippen LogP contribution >= 0.6 is 0 Å². The van der Waals surface area contributed by atoms with Gasteiger partial charge in [-0.2, -0.15) is 0 Å². The Bertz CT molecular complexity index is 431. The number of nitrogens with one attached hydrogen (secondary N) is 1. The number of para-hydroxylation sites is 1. The number of aliphatic carboxylic acids is 1. The zero-order valence-corrected chi connectivity index (χ0v) is 8.64. The van der Waals surface area contributed by atoms with Gasteiger partial charge in [-0.15, -0.1) is 0 Å². The SMILES string of the molecule is O=C(O)CN1CC(=O)Nc2ccccc2C1. The topological polar surface area (TPSA) is 69.6 Å². The molecule has 16 heavy (non-hydrogen) atoms. The fourth-order valence-electron chi connectivity index (χ4n) is 1.77. The summed E-state index contributed by atoms with van der Waals surface area (Å²) in [5.74, 6) is -1.10. The van der Waals surface area contributed by atoms with Gasteiger partial charge in [0.25, 0.3) is 0 Å². The van der Waals surface area contributed by atoms with Crippen molar-refractivity contribution in [3.8, 4) is 0 Å². The van der Waals surface area contributed by atoms with Gasteiger partial charge in [0.1, 0.15) is 0 Å². The van der Waals surface area contributed by atoms with Gasteiger partial charge in [0.15, 0.2) is 0 Å². The molecule has 2 rings (SSSR count). The molecular weight excluding hydrogens is 208 g/mol. The quantitative estimate of drug-likeness (QED) is 0.762. The van der Waals surface area contributed by atoms with E-state index in [1.54, 1.807) is 4.90 Å². The molecule has 1 aliphatic heterocycles. The maximum atomic E-state index is 11.5.